The van der Waals surface area contributed by atoms with Crippen molar-refractivity contribution in [2.24, 2.45) is 23.7 Å². The fourth-order valence-electron chi connectivity index (χ4n) is 4.75. The Labute approximate surface area is 149 Å². The molecule has 2 aliphatic carbocycles. The third-order valence-electron chi connectivity index (χ3n) is 6.32. The zero-order valence-electron chi connectivity index (χ0n) is 16.0. The number of ether oxygens (including phenoxy) is 1. The highest BCUT2D eigenvalue weighted by molar-refractivity contribution is 5.81. The van der Waals surface area contributed by atoms with Crippen LogP contribution in [0.1, 0.15) is 90.9 Å². The summed E-state index contributed by atoms with van der Waals surface area (Å²) in [6.45, 7) is 4.99. The first-order valence-electron chi connectivity index (χ1n) is 10.6. The van der Waals surface area contributed by atoms with E-state index in [1.807, 2.05) is 0 Å². The maximum Gasteiger partial charge on any atom is 0.330 e. The van der Waals surface area contributed by atoms with Gasteiger partial charge in [0.2, 0.25) is 0 Å². The van der Waals surface area contributed by atoms with Gasteiger partial charge in [0.1, 0.15) is 0 Å². The lowest BCUT2D eigenvalue weighted by atomic mass is 9.69. The van der Waals surface area contributed by atoms with Gasteiger partial charge in [-0.05, 0) is 68.6 Å². The van der Waals surface area contributed by atoms with Crippen molar-refractivity contribution in [1.29, 1.82) is 0 Å². The summed E-state index contributed by atoms with van der Waals surface area (Å²) in [6.07, 6.45) is 19.8. The highest BCUT2D eigenvalue weighted by Crippen LogP contribution is 2.42. The van der Waals surface area contributed by atoms with Gasteiger partial charge in [0.05, 0.1) is 6.61 Å². The average Bonchev–Trinajstić information content (AvgIpc) is 2.62. The van der Waals surface area contributed by atoms with Gasteiger partial charge in [0, 0.05) is 6.08 Å². The lowest BCUT2D eigenvalue weighted by Gasteiger charge is -2.37. The molecule has 0 aromatic heterocycles. The SMILES string of the molecule is CCCCOC(=O)C=CC1CCC(C2CCC(CCC)CC2)CC1. The van der Waals surface area contributed by atoms with Crippen LogP contribution >= 0.6 is 0 Å². The van der Waals surface area contributed by atoms with Crippen molar-refractivity contribution in [2.45, 2.75) is 90.9 Å². The molecule has 2 aliphatic rings. The van der Waals surface area contributed by atoms with Crippen LogP contribution in [-0.2, 0) is 9.53 Å². The summed E-state index contributed by atoms with van der Waals surface area (Å²) in [6, 6.07) is 0. The van der Waals surface area contributed by atoms with Crippen molar-refractivity contribution >= 4 is 5.97 Å². The largest absolute Gasteiger partial charge is 0.463 e. The second kappa shape index (κ2) is 10.9. The Kier molecular flexibility index (Phi) is 8.91. The maximum absolute atomic E-state index is 11.6. The molecule has 0 bridgehead atoms. The molecule has 2 rings (SSSR count). The molecule has 0 heterocycles. The third-order valence-corrected chi connectivity index (χ3v) is 6.32. The molecule has 24 heavy (non-hydrogen) atoms. The van der Waals surface area contributed by atoms with E-state index in [0.717, 1.165) is 30.6 Å². The summed E-state index contributed by atoms with van der Waals surface area (Å²) >= 11 is 0. The Morgan fingerprint density at radius 3 is 2.12 bits per heavy atom. The molecule has 0 radical (unpaired) electrons. The van der Waals surface area contributed by atoms with Crippen LogP contribution in [0.3, 0.4) is 0 Å². The molecule has 0 aromatic rings. The summed E-state index contributed by atoms with van der Waals surface area (Å²) in [5.74, 6) is 3.40. The van der Waals surface area contributed by atoms with Gasteiger partial charge in [0.25, 0.3) is 0 Å². The highest BCUT2D eigenvalue weighted by Gasteiger charge is 2.30. The Morgan fingerprint density at radius 2 is 1.54 bits per heavy atom. The monoisotopic (exact) mass is 334 g/mol. The Balaban J connectivity index is 1.64. The van der Waals surface area contributed by atoms with Crippen LogP contribution < -0.4 is 0 Å². The number of allylic oxidation sites excluding steroid dienone is 1. The minimum Gasteiger partial charge on any atom is -0.463 e. The van der Waals surface area contributed by atoms with Crippen molar-refractivity contribution < 1.29 is 9.53 Å². The van der Waals surface area contributed by atoms with Crippen molar-refractivity contribution in [3.8, 4) is 0 Å². The van der Waals surface area contributed by atoms with E-state index in [1.165, 1.54) is 64.2 Å². The van der Waals surface area contributed by atoms with Gasteiger partial charge in [-0.2, -0.15) is 0 Å². The molecular weight excluding hydrogens is 296 g/mol. The fraction of sp³-hybridized carbons (Fsp3) is 0.864. The molecule has 2 heteroatoms. The zero-order valence-corrected chi connectivity index (χ0v) is 16.0. The summed E-state index contributed by atoms with van der Waals surface area (Å²) < 4.78 is 5.19. The van der Waals surface area contributed by atoms with Crippen LogP contribution in [0.15, 0.2) is 12.2 Å². The quantitative estimate of drug-likeness (QED) is 0.296. The number of carbonyl (C=O) groups is 1. The standard InChI is InChI=1S/C22H38O2/c1-3-5-17-24-22(23)16-11-19-9-14-21(15-10-19)20-12-7-18(6-4-2)8-13-20/h11,16,18-21H,3-10,12-15,17H2,1-2H3. The average molecular weight is 335 g/mol. The van der Waals surface area contributed by atoms with Crippen molar-refractivity contribution in [2.75, 3.05) is 6.61 Å². The topological polar surface area (TPSA) is 26.3 Å². The van der Waals surface area contributed by atoms with Crippen LogP contribution in [0, 0.1) is 23.7 Å². The summed E-state index contributed by atoms with van der Waals surface area (Å²) in [5.41, 5.74) is 0. The first-order valence-corrected chi connectivity index (χ1v) is 10.6. The van der Waals surface area contributed by atoms with E-state index in [4.69, 9.17) is 4.74 Å². The Morgan fingerprint density at radius 1 is 0.917 bits per heavy atom. The highest BCUT2D eigenvalue weighted by atomic mass is 16.5. The van der Waals surface area contributed by atoms with E-state index in [-0.39, 0.29) is 5.97 Å². The first kappa shape index (κ1) is 19.5. The molecule has 0 amide bonds. The van der Waals surface area contributed by atoms with E-state index in [0.29, 0.717) is 12.5 Å². The van der Waals surface area contributed by atoms with Crippen molar-refractivity contribution in [3.63, 3.8) is 0 Å². The van der Waals surface area contributed by atoms with Crippen LogP contribution in [0.2, 0.25) is 0 Å². The zero-order chi connectivity index (χ0) is 17.2. The molecule has 0 N–H and O–H groups in total. The van der Waals surface area contributed by atoms with Gasteiger partial charge in [-0.15, -0.1) is 0 Å². The van der Waals surface area contributed by atoms with E-state index in [9.17, 15) is 4.79 Å². The van der Waals surface area contributed by atoms with Crippen LogP contribution in [0.5, 0.6) is 0 Å². The molecular formula is C22H38O2. The second-order valence-corrected chi connectivity index (χ2v) is 8.12. The van der Waals surface area contributed by atoms with Crippen molar-refractivity contribution in [1.82, 2.24) is 0 Å². The molecule has 0 aliphatic heterocycles. The third kappa shape index (κ3) is 6.61. The number of rotatable bonds is 8. The van der Waals surface area contributed by atoms with Gasteiger partial charge in [0.15, 0.2) is 0 Å². The van der Waals surface area contributed by atoms with Crippen molar-refractivity contribution in [3.05, 3.63) is 12.2 Å². The van der Waals surface area contributed by atoms with Crippen LogP contribution in [0.25, 0.3) is 0 Å². The van der Waals surface area contributed by atoms with E-state index < -0.39 is 0 Å². The molecule has 0 aromatic carbocycles. The molecule has 0 unspecified atom stereocenters. The molecule has 2 saturated carbocycles. The summed E-state index contributed by atoms with van der Waals surface area (Å²) in [7, 11) is 0. The predicted molar refractivity (Wildman–Crippen MR) is 101 cm³/mol. The normalized spacial score (nSPS) is 31.2. The Bertz CT molecular complexity index is 371. The van der Waals surface area contributed by atoms with E-state index >= 15 is 0 Å². The maximum atomic E-state index is 11.6. The lowest BCUT2D eigenvalue weighted by Crippen LogP contribution is -2.25. The van der Waals surface area contributed by atoms with Crippen LogP contribution in [-0.4, -0.2) is 12.6 Å². The summed E-state index contributed by atoms with van der Waals surface area (Å²) in [4.78, 5) is 11.6. The Hall–Kier alpha value is -0.790. The number of hydrogen-bond acceptors (Lipinski definition) is 2. The molecule has 2 fully saturated rings. The molecule has 0 spiro atoms. The summed E-state index contributed by atoms with van der Waals surface area (Å²) in [5, 5.41) is 0. The second-order valence-electron chi connectivity index (χ2n) is 8.12. The van der Waals surface area contributed by atoms with Gasteiger partial charge < -0.3 is 4.74 Å². The number of hydrogen-bond donors (Lipinski definition) is 0. The number of esters is 1. The van der Waals surface area contributed by atoms with E-state index in [1.54, 1.807) is 6.08 Å². The molecule has 0 saturated heterocycles. The molecule has 2 nitrogen and oxygen atoms in total. The van der Waals surface area contributed by atoms with Gasteiger partial charge in [-0.1, -0.05) is 52.0 Å². The van der Waals surface area contributed by atoms with E-state index in [2.05, 4.69) is 19.9 Å². The van der Waals surface area contributed by atoms with Gasteiger partial charge in [-0.25, -0.2) is 4.79 Å². The molecule has 0 atom stereocenters. The van der Waals surface area contributed by atoms with Gasteiger partial charge in [-0.3, -0.25) is 0 Å². The minimum atomic E-state index is -0.153. The predicted octanol–water partition coefficient (Wildman–Crippen LogP) is 6.30. The lowest BCUT2D eigenvalue weighted by molar-refractivity contribution is -0.137. The number of unbranched alkanes of at least 4 members (excludes halogenated alkanes) is 1. The van der Waals surface area contributed by atoms with Gasteiger partial charge >= 0.3 is 5.97 Å². The smallest absolute Gasteiger partial charge is 0.330 e. The minimum absolute atomic E-state index is 0.153. The number of carbonyl (C=O) groups excluding carboxylic acids is 1. The molecule has 138 valence electrons. The fourth-order valence-corrected chi connectivity index (χ4v) is 4.75. The first-order chi connectivity index (χ1) is 11.7. The van der Waals surface area contributed by atoms with Crippen LogP contribution in [0.4, 0.5) is 0 Å².